The minimum Gasteiger partial charge on any atom is -0.452 e. The van der Waals surface area contributed by atoms with E-state index < -0.39 is 28.3 Å². The van der Waals surface area contributed by atoms with Crippen LogP contribution in [0.2, 0.25) is 5.02 Å². The van der Waals surface area contributed by atoms with E-state index in [0.29, 0.717) is 5.69 Å². The van der Waals surface area contributed by atoms with Crippen molar-refractivity contribution in [3.63, 3.8) is 0 Å². The molecule has 0 aliphatic heterocycles. The number of hydrogen-bond donors (Lipinski definition) is 1. The van der Waals surface area contributed by atoms with E-state index in [1.165, 1.54) is 12.1 Å². The summed E-state index contributed by atoms with van der Waals surface area (Å²) in [6.45, 7) is 2.37. The molecule has 170 valence electrons. The topological polar surface area (TPSA) is 94.5 Å². The van der Waals surface area contributed by atoms with Crippen LogP contribution < -0.4 is 5.32 Å². The van der Waals surface area contributed by atoms with Crippen molar-refractivity contribution in [3.05, 3.63) is 71.2 Å². The number of carbonyl (C=O) groups excluding carboxylic acids is 2. The smallest absolute Gasteiger partial charge is 0.338 e. The molecular weight excluding hydrogens is 464 g/mol. The number of carbonyl (C=O) groups is 2. The van der Waals surface area contributed by atoms with Gasteiger partial charge in [-0.05, 0) is 49.4 Å². The highest BCUT2D eigenvalue weighted by Crippen LogP contribution is 2.31. The van der Waals surface area contributed by atoms with E-state index in [0.717, 1.165) is 40.7 Å². The summed E-state index contributed by atoms with van der Waals surface area (Å²) in [6, 6.07) is 17.5. The van der Waals surface area contributed by atoms with E-state index in [-0.39, 0.29) is 15.5 Å². The van der Waals surface area contributed by atoms with Gasteiger partial charge in [0.05, 0.1) is 15.5 Å². The number of nitrogens with zero attached hydrogens (tertiary/aromatic N) is 1. The second-order valence-corrected chi connectivity index (χ2v) is 9.93. The van der Waals surface area contributed by atoms with Crippen LogP contribution in [0.3, 0.4) is 0 Å². The average Bonchev–Trinajstić information content (AvgIpc) is 3.10. The summed E-state index contributed by atoms with van der Waals surface area (Å²) in [5, 5.41) is 4.84. The molecular formula is C24H21ClN2O5S. The third kappa shape index (κ3) is 4.58. The van der Waals surface area contributed by atoms with Gasteiger partial charge in [0.1, 0.15) is 0 Å². The maximum absolute atomic E-state index is 12.4. The third-order valence-electron chi connectivity index (χ3n) is 5.27. The summed E-state index contributed by atoms with van der Waals surface area (Å²) < 4.78 is 30.8. The highest BCUT2D eigenvalue weighted by atomic mass is 35.5. The lowest BCUT2D eigenvalue weighted by Gasteiger charge is -2.09. The molecule has 0 aliphatic rings. The monoisotopic (exact) mass is 484 g/mol. The molecule has 4 aromatic rings. The van der Waals surface area contributed by atoms with Crippen LogP contribution in [0.1, 0.15) is 17.3 Å². The number of anilines is 1. The Morgan fingerprint density at radius 3 is 2.45 bits per heavy atom. The number of hydrogen-bond acceptors (Lipinski definition) is 5. The Bertz CT molecular complexity index is 1510. The van der Waals surface area contributed by atoms with Gasteiger partial charge in [0, 0.05) is 40.3 Å². The van der Waals surface area contributed by atoms with Crippen LogP contribution in [0.25, 0.3) is 21.8 Å². The van der Waals surface area contributed by atoms with Gasteiger partial charge >= 0.3 is 5.97 Å². The summed E-state index contributed by atoms with van der Waals surface area (Å²) in [4.78, 5) is 24.5. The number of halogens is 1. The van der Waals surface area contributed by atoms with Gasteiger partial charge in [-0.1, -0.05) is 29.8 Å². The molecule has 0 unspecified atom stereocenters. The molecule has 0 aliphatic carbocycles. The number of benzene rings is 3. The maximum Gasteiger partial charge on any atom is 0.338 e. The van der Waals surface area contributed by atoms with Gasteiger partial charge in [-0.3, -0.25) is 4.79 Å². The number of amides is 1. The van der Waals surface area contributed by atoms with Gasteiger partial charge in [0.15, 0.2) is 16.4 Å². The number of rotatable bonds is 6. The zero-order valence-corrected chi connectivity index (χ0v) is 19.5. The van der Waals surface area contributed by atoms with Crippen molar-refractivity contribution in [2.45, 2.75) is 18.4 Å². The van der Waals surface area contributed by atoms with Gasteiger partial charge in [-0.15, -0.1) is 0 Å². The molecule has 0 spiro atoms. The molecule has 0 saturated heterocycles. The summed E-state index contributed by atoms with van der Waals surface area (Å²) in [5.74, 6) is -1.34. The van der Waals surface area contributed by atoms with E-state index >= 15 is 0 Å². The van der Waals surface area contributed by atoms with Crippen LogP contribution in [0.5, 0.6) is 0 Å². The van der Waals surface area contributed by atoms with Crippen LogP contribution in [-0.2, 0) is 25.9 Å². The fourth-order valence-electron chi connectivity index (χ4n) is 3.80. The van der Waals surface area contributed by atoms with Gasteiger partial charge in [-0.2, -0.15) is 0 Å². The molecule has 0 saturated carbocycles. The number of esters is 1. The molecule has 3 aromatic carbocycles. The predicted octanol–water partition coefficient (Wildman–Crippen LogP) is 4.67. The molecule has 0 radical (unpaired) electrons. The van der Waals surface area contributed by atoms with Crippen LogP contribution in [0, 0.1) is 0 Å². The summed E-state index contributed by atoms with van der Waals surface area (Å²) in [6.07, 6.45) is 0.992. The second-order valence-electron chi connectivity index (χ2n) is 7.54. The number of aryl methyl sites for hydroxylation is 1. The number of aromatic nitrogens is 1. The fourth-order valence-corrected chi connectivity index (χ4v) is 5.10. The van der Waals surface area contributed by atoms with Crippen molar-refractivity contribution in [2.75, 3.05) is 18.2 Å². The molecule has 33 heavy (non-hydrogen) atoms. The first-order valence-electron chi connectivity index (χ1n) is 10.2. The van der Waals surface area contributed by atoms with Crippen LogP contribution in [0.15, 0.2) is 65.6 Å². The molecule has 1 amide bonds. The van der Waals surface area contributed by atoms with Crippen molar-refractivity contribution in [2.24, 2.45) is 0 Å². The Labute approximate surface area is 195 Å². The number of fused-ring (bicyclic) bond motifs is 3. The Morgan fingerprint density at radius 2 is 1.73 bits per heavy atom. The van der Waals surface area contributed by atoms with Crippen LogP contribution in [-0.4, -0.2) is 37.7 Å². The van der Waals surface area contributed by atoms with E-state index in [2.05, 4.69) is 22.9 Å². The Kier molecular flexibility index (Phi) is 6.14. The van der Waals surface area contributed by atoms with E-state index in [1.54, 1.807) is 6.07 Å². The summed E-state index contributed by atoms with van der Waals surface area (Å²) in [7, 11) is -3.62. The first-order chi connectivity index (χ1) is 15.7. The van der Waals surface area contributed by atoms with Gasteiger partial charge in [0.25, 0.3) is 5.91 Å². The number of ether oxygens (including phenoxy) is 1. The predicted molar refractivity (Wildman–Crippen MR) is 129 cm³/mol. The number of nitrogens with one attached hydrogen (secondary N) is 1. The lowest BCUT2D eigenvalue weighted by molar-refractivity contribution is -0.119. The lowest BCUT2D eigenvalue weighted by Crippen LogP contribution is -2.21. The van der Waals surface area contributed by atoms with Crippen molar-refractivity contribution in [3.8, 4) is 0 Å². The first-order valence-corrected chi connectivity index (χ1v) is 12.4. The second kappa shape index (κ2) is 8.88. The van der Waals surface area contributed by atoms with Crippen molar-refractivity contribution < 1.29 is 22.7 Å². The molecule has 0 bridgehead atoms. The molecule has 1 N–H and O–H groups in total. The number of para-hydroxylation sites is 1. The molecule has 7 nitrogen and oxygen atoms in total. The lowest BCUT2D eigenvalue weighted by atomic mass is 10.1. The Balaban J connectivity index is 1.48. The zero-order chi connectivity index (χ0) is 23.8. The van der Waals surface area contributed by atoms with Crippen molar-refractivity contribution in [1.29, 1.82) is 0 Å². The molecule has 0 fully saturated rings. The van der Waals surface area contributed by atoms with Gasteiger partial charge in [0.2, 0.25) is 0 Å². The first kappa shape index (κ1) is 22.8. The highest BCUT2D eigenvalue weighted by Gasteiger charge is 2.18. The molecule has 4 rings (SSSR count). The maximum atomic E-state index is 12.4. The molecule has 1 heterocycles. The quantitative estimate of drug-likeness (QED) is 0.401. The van der Waals surface area contributed by atoms with Crippen molar-refractivity contribution in [1.82, 2.24) is 4.57 Å². The Morgan fingerprint density at radius 1 is 1.00 bits per heavy atom. The zero-order valence-electron chi connectivity index (χ0n) is 18.0. The molecule has 1 aromatic heterocycles. The largest absolute Gasteiger partial charge is 0.452 e. The molecule has 0 atom stereocenters. The normalized spacial score (nSPS) is 11.6. The van der Waals surface area contributed by atoms with E-state index in [9.17, 15) is 18.0 Å². The Hall–Kier alpha value is -3.36. The summed E-state index contributed by atoms with van der Waals surface area (Å²) >= 11 is 5.90. The average molecular weight is 485 g/mol. The van der Waals surface area contributed by atoms with Crippen LogP contribution in [0.4, 0.5) is 5.69 Å². The van der Waals surface area contributed by atoms with Crippen LogP contribution >= 0.6 is 11.6 Å². The summed E-state index contributed by atoms with van der Waals surface area (Å²) in [5.41, 5.74) is 2.74. The SMILES string of the molecule is CCn1c2ccccc2c2cc(NC(=O)COC(=O)c3ccc(Cl)c(S(C)(=O)=O)c3)ccc21. The standard InChI is InChI=1S/C24H21ClN2O5S/c1-3-27-20-7-5-4-6-17(20)18-13-16(9-11-21(18)27)26-23(28)14-32-24(29)15-8-10-19(25)22(12-15)33(2,30)31/h4-13H,3,14H2,1-2H3,(H,26,28). The van der Waals surface area contributed by atoms with Crippen molar-refractivity contribution >= 4 is 60.8 Å². The van der Waals surface area contributed by atoms with Gasteiger partial charge < -0.3 is 14.6 Å². The highest BCUT2D eigenvalue weighted by molar-refractivity contribution is 7.90. The molecule has 9 heteroatoms. The minimum atomic E-state index is -3.62. The van der Waals surface area contributed by atoms with E-state index in [1.807, 2.05) is 30.3 Å². The van der Waals surface area contributed by atoms with Gasteiger partial charge in [-0.25, -0.2) is 13.2 Å². The third-order valence-corrected chi connectivity index (χ3v) is 6.85. The fraction of sp³-hybridized carbons (Fsp3) is 0.167. The minimum absolute atomic E-state index is 0.00612. The van der Waals surface area contributed by atoms with E-state index in [4.69, 9.17) is 16.3 Å². The number of sulfone groups is 1.